The Morgan fingerprint density at radius 3 is 2.84 bits per heavy atom. The van der Waals surface area contributed by atoms with E-state index in [0.29, 0.717) is 12.3 Å². The molecule has 0 unspecified atom stereocenters. The fourth-order valence-corrected chi connectivity index (χ4v) is 2.14. The van der Waals surface area contributed by atoms with Crippen LogP contribution in [-0.4, -0.2) is 24.5 Å². The van der Waals surface area contributed by atoms with Gasteiger partial charge in [0, 0.05) is 32.4 Å². The van der Waals surface area contributed by atoms with Gasteiger partial charge in [-0.05, 0) is 12.1 Å². The summed E-state index contributed by atoms with van der Waals surface area (Å²) < 4.78 is 29.1. The molecule has 0 atom stereocenters. The summed E-state index contributed by atoms with van der Waals surface area (Å²) in [5, 5.41) is 7.89. The molecule has 104 valence electrons. The van der Waals surface area contributed by atoms with Crippen LogP contribution in [0.3, 0.4) is 0 Å². The van der Waals surface area contributed by atoms with Crippen LogP contribution in [0, 0.1) is 0 Å². The van der Waals surface area contributed by atoms with Crippen molar-refractivity contribution in [1.82, 2.24) is 14.9 Å². The quantitative estimate of drug-likeness (QED) is 0.726. The lowest BCUT2D eigenvalue weighted by Gasteiger charge is -2.03. The molecule has 0 spiro atoms. The summed E-state index contributed by atoms with van der Waals surface area (Å²) >= 11 is 0. The van der Waals surface area contributed by atoms with Gasteiger partial charge in [-0.1, -0.05) is 0 Å². The number of nitrogens with two attached hydrogens (primary N) is 1. The lowest BCUT2D eigenvalue weighted by atomic mass is 10.4. The van der Waals surface area contributed by atoms with Gasteiger partial charge in [0.15, 0.2) is 0 Å². The zero-order valence-electron chi connectivity index (χ0n) is 10.5. The van der Waals surface area contributed by atoms with E-state index in [4.69, 9.17) is 9.56 Å². The normalized spacial score (nSPS) is 11.9. The van der Waals surface area contributed by atoms with E-state index in [2.05, 4.69) is 10.3 Å². The van der Waals surface area contributed by atoms with Crippen LogP contribution in [0.15, 0.2) is 34.0 Å². The number of hydrogen-bond donors (Lipinski definition) is 2. The second-order valence-electron chi connectivity index (χ2n) is 4.15. The van der Waals surface area contributed by atoms with Crippen molar-refractivity contribution in [1.29, 1.82) is 0 Å². The van der Waals surface area contributed by atoms with Gasteiger partial charge < -0.3 is 14.3 Å². The molecule has 0 aliphatic carbocycles. The molecule has 7 nitrogen and oxygen atoms in total. The highest BCUT2D eigenvalue weighted by Gasteiger charge is 2.12. The number of furan rings is 1. The van der Waals surface area contributed by atoms with Crippen LogP contribution < -0.4 is 10.5 Å². The molecule has 0 saturated carbocycles. The summed E-state index contributed by atoms with van der Waals surface area (Å²) in [6.45, 7) is 1.16. The minimum Gasteiger partial charge on any atom is -0.447 e. The average molecular weight is 284 g/mol. The molecule has 2 heterocycles. The van der Waals surface area contributed by atoms with Crippen molar-refractivity contribution in [2.75, 3.05) is 6.54 Å². The Labute approximate surface area is 111 Å². The number of nitrogens with zero attached hydrogens (tertiary/aromatic N) is 2. The van der Waals surface area contributed by atoms with E-state index in [0.717, 1.165) is 18.8 Å². The molecule has 2 rings (SSSR count). The number of hydrogen-bond acceptors (Lipinski definition) is 5. The van der Waals surface area contributed by atoms with Gasteiger partial charge in [0.05, 0.1) is 6.54 Å². The van der Waals surface area contributed by atoms with Crippen molar-refractivity contribution in [2.45, 2.75) is 18.1 Å². The molecule has 0 radical (unpaired) electrons. The molecule has 2 aromatic rings. The first kappa shape index (κ1) is 13.8. The molecule has 2 aromatic heterocycles. The average Bonchev–Trinajstić information content (AvgIpc) is 2.93. The standard InChI is InChI=1S/C11H16N4O3S/c1-15-7-6-14-10(15)4-5-13-8-9-2-3-11(18-9)19(12,16)17/h2-3,6-7,13H,4-5,8H2,1H3,(H2,12,16,17). The predicted molar refractivity (Wildman–Crippen MR) is 68.7 cm³/mol. The van der Waals surface area contributed by atoms with E-state index in [1.165, 1.54) is 6.07 Å². The number of imidazole rings is 1. The van der Waals surface area contributed by atoms with E-state index in [1.54, 1.807) is 12.3 Å². The molecule has 0 saturated heterocycles. The van der Waals surface area contributed by atoms with Crippen LogP contribution in [0.4, 0.5) is 0 Å². The third kappa shape index (κ3) is 3.66. The van der Waals surface area contributed by atoms with Crippen molar-refractivity contribution in [3.8, 4) is 0 Å². The number of nitrogens with one attached hydrogen (secondary N) is 1. The molecule has 0 fully saturated rings. The Morgan fingerprint density at radius 1 is 1.47 bits per heavy atom. The predicted octanol–water partition coefficient (Wildman–Crippen LogP) is -0.00720. The van der Waals surface area contributed by atoms with Gasteiger partial charge in [-0.3, -0.25) is 0 Å². The first-order valence-corrected chi connectivity index (χ1v) is 7.30. The summed E-state index contributed by atoms with van der Waals surface area (Å²) in [6, 6.07) is 2.94. The van der Waals surface area contributed by atoms with Gasteiger partial charge >= 0.3 is 0 Å². The first-order chi connectivity index (χ1) is 8.97. The molecule has 0 aromatic carbocycles. The maximum absolute atomic E-state index is 11.0. The summed E-state index contributed by atoms with van der Waals surface area (Å²) in [5.74, 6) is 1.51. The van der Waals surface area contributed by atoms with E-state index in [9.17, 15) is 8.42 Å². The summed E-state index contributed by atoms with van der Waals surface area (Å²) in [5.41, 5.74) is 0. The Kier molecular flexibility index (Phi) is 4.03. The number of aromatic nitrogens is 2. The summed E-state index contributed by atoms with van der Waals surface area (Å²) in [7, 11) is -1.82. The fourth-order valence-electron chi connectivity index (χ4n) is 1.66. The lowest BCUT2D eigenvalue weighted by molar-refractivity contribution is 0.402. The first-order valence-electron chi connectivity index (χ1n) is 5.75. The maximum Gasteiger partial charge on any atom is 0.271 e. The molecule has 8 heteroatoms. The van der Waals surface area contributed by atoms with Crippen LogP contribution in [0.5, 0.6) is 0 Å². The third-order valence-electron chi connectivity index (χ3n) is 2.66. The second kappa shape index (κ2) is 5.55. The molecule has 0 aliphatic heterocycles. The van der Waals surface area contributed by atoms with Gasteiger partial charge in [0.25, 0.3) is 10.0 Å². The molecule has 19 heavy (non-hydrogen) atoms. The number of sulfonamides is 1. The highest BCUT2D eigenvalue weighted by Crippen LogP contribution is 2.11. The van der Waals surface area contributed by atoms with Crippen molar-refractivity contribution in [3.05, 3.63) is 36.1 Å². The van der Waals surface area contributed by atoms with Crippen LogP contribution in [0.25, 0.3) is 0 Å². The van der Waals surface area contributed by atoms with Crippen molar-refractivity contribution >= 4 is 10.0 Å². The summed E-state index contributed by atoms with van der Waals surface area (Å²) in [6.07, 6.45) is 4.42. The van der Waals surface area contributed by atoms with Gasteiger partial charge in [-0.15, -0.1) is 0 Å². The number of primary sulfonamides is 1. The monoisotopic (exact) mass is 284 g/mol. The molecular formula is C11H16N4O3S. The minimum atomic E-state index is -3.76. The molecule has 3 N–H and O–H groups in total. The Hall–Kier alpha value is -1.64. The van der Waals surface area contributed by atoms with Gasteiger partial charge in [0.1, 0.15) is 11.6 Å². The Bertz CT molecular complexity index is 644. The highest BCUT2D eigenvalue weighted by atomic mass is 32.2. The van der Waals surface area contributed by atoms with Crippen LogP contribution in [0.2, 0.25) is 0 Å². The lowest BCUT2D eigenvalue weighted by Crippen LogP contribution is -2.18. The van der Waals surface area contributed by atoms with E-state index < -0.39 is 10.0 Å². The largest absolute Gasteiger partial charge is 0.447 e. The Morgan fingerprint density at radius 2 is 2.26 bits per heavy atom. The van der Waals surface area contributed by atoms with Crippen molar-refractivity contribution in [2.24, 2.45) is 12.2 Å². The molecule has 0 amide bonds. The topological polar surface area (TPSA) is 103 Å². The highest BCUT2D eigenvalue weighted by molar-refractivity contribution is 7.89. The smallest absolute Gasteiger partial charge is 0.271 e. The zero-order chi connectivity index (χ0) is 13.9. The number of aryl methyl sites for hydroxylation is 1. The van der Waals surface area contributed by atoms with Crippen LogP contribution >= 0.6 is 0 Å². The van der Waals surface area contributed by atoms with Crippen molar-refractivity contribution in [3.63, 3.8) is 0 Å². The van der Waals surface area contributed by atoms with Crippen molar-refractivity contribution < 1.29 is 12.8 Å². The number of rotatable bonds is 6. The zero-order valence-corrected chi connectivity index (χ0v) is 11.4. The maximum atomic E-state index is 11.0. The fraction of sp³-hybridized carbons (Fsp3) is 0.364. The van der Waals surface area contributed by atoms with Crippen LogP contribution in [0.1, 0.15) is 11.6 Å². The van der Waals surface area contributed by atoms with E-state index in [-0.39, 0.29) is 5.09 Å². The molecular weight excluding hydrogens is 268 g/mol. The van der Waals surface area contributed by atoms with Crippen LogP contribution in [-0.2, 0) is 30.0 Å². The third-order valence-corrected chi connectivity index (χ3v) is 3.44. The molecule has 0 aliphatic rings. The van der Waals surface area contributed by atoms with Gasteiger partial charge in [0.2, 0.25) is 5.09 Å². The van der Waals surface area contributed by atoms with Gasteiger partial charge in [-0.2, -0.15) is 0 Å². The van der Waals surface area contributed by atoms with Gasteiger partial charge in [-0.25, -0.2) is 18.5 Å². The summed E-state index contributed by atoms with van der Waals surface area (Å²) in [4.78, 5) is 4.20. The minimum absolute atomic E-state index is 0.214. The molecule has 0 bridgehead atoms. The second-order valence-corrected chi connectivity index (χ2v) is 5.64. The SMILES string of the molecule is Cn1ccnc1CCNCc1ccc(S(N)(=O)=O)o1. The van der Waals surface area contributed by atoms with E-state index >= 15 is 0 Å². The van der Waals surface area contributed by atoms with E-state index in [1.807, 2.05) is 17.8 Å². The Balaban J connectivity index is 1.80.